The van der Waals surface area contributed by atoms with E-state index in [1.54, 1.807) is 6.92 Å². The van der Waals surface area contributed by atoms with Crippen LogP contribution >= 0.6 is 0 Å². The van der Waals surface area contributed by atoms with Crippen molar-refractivity contribution in [1.29, 1.82) is 0 Å². The molecule has 0 heterocycles. The molecule has 0 N–H and O–H groups in total. The molecule has 0 saturated heterocycles. The third-order valence-electron chi connectivity index (χ3n) is 1.41. The van der Waals surface area contributed by atoms with Crippen molar-refractivity contribution >= 4 is 5.69 Å². The van der Waals surface area contributed by atoms with Gasteiger partial charge < -0.3 is 0 Å². The Kier molecular flexibility index (Phi) is 2.60. The number of halogens is 1. The minimum absolute atomic E-state index is 0.436. The van der Waals surface area contributed by atoms with Crippen LogP contribution in [0.5, 0.6) is 0 Å². The van der Waals surface area contributed by atoms with Gasteiger partial charge in [-0.05, 0) is 19.1 Å². The number of rotatable bonds is 1. The Morgan fingerprint density at radius 3 is 2.69 bits per heavy atom. The van der Waals surface area contributed by atoms with Crippen molar-refractivity contribution in [2.75, 3.05) is 0 Å². The zero-order valence-electron chi connectivity index (χ0n) is 6.87. The minimum atomic E-state index is -0.856. The lowest BCUT2D eigenvalue weighted by molar-refractivity contribution is -0.387. The highest BCUT2D eigenvalue weighted by Gasteiger charge is 2.12. The zero-order chi connectivity index (χ0) is 9.84. The van der Waals surface area contributed by atoms with Gasteiger partial charge in [-0.1, -0.05) is 5.92 Å². The summed E-state index contributed by atoms with van der Waals surface area (Å²) in [5, 5.41) is 10.2. The van der Waals surface area contributed by atoms with E-state index >= 15 is 0 Å². The summed E-state index contributed by atoms with van der Waals surface area (Å²) in [5.41, 5.74) is -0.0905. The van der Waals surface area contributed by atoms with Crippen LogP contribution in [0.15, 0.2) is 18.2 Å². The molecule has 0 saturated carbocycles. The van der Waals surface area contributed by atoms with Crippen molar-refractivity contribution in [3.63, 3.8) is 0 Å². The van der Waals surface area contributed by atoms with Crippen LogP contribution in [0.3, 0.4) is 0 Å². The predicted octanol–water partition coefficient (Wildman–Crippen LogP) is 2.11. The topological polar surface area (TPSA) is 43.1 Å². The van der Waals surface area contributed by atoms with Gasteiger partial charge in [0.05, 0.1) is 4.92 Å². The molecule has 66 valence electrons. The van der Waals surface area contributed by atoms with Gasteiger partial charge >= 0.3 is 5.69 Å². The van der Waals surface area contributed by atoms with Gasteiger partial charge in [0.15, 0.2) is 0 Å². The van der Waals surface area contributed by atoms with Crippen molar-refractivity contribution in [1.82, 2.24) is 0 Å². The average Bonchev–Trinajstić information content (AvgIpc) is 2.04. The van der Waals surface area contributed by atoms with Crippen molar-refractivity contribution < 1.29 is 9.31 Å². The average molecular weight is 179 g/mol. The van der Waals surface area contributed by atoms with E-state index in [1.807, 2.05) is 0 Å². The lowest BCUT2D eigenvalue weighted by Gasteiger charge is -1.93. The Morgan fingerprint density at radius 2 is 2.23 bits per heavy atom. The molecule has 0 radical (unpaired) electrons. The Bertz CT molecular complexity index is 404. The third-order valence-corrected chi connectivity index (χ3v) is 1.41. The Hall–Kier alpha value is -1.89. The van der Waals surface area contributed by atoms with Gasteiger partial charge in [-0.15, -0.1) is 5.92 Å². The van der Waals surface area contributed by atoms with E-state index in [0.29, 0.717) is 5.56 Å². The van der Waals surface area contributed by atoms with Gasteiger partial charge in [0.2, 0.25) is 5.82 Å². The first-order valence-electron chi connectivity index (χ1n) is 3.52. The Labute approximate surface area is 74.3 Å². The number of hydrogen-bond donors (Lipinski definition) is 0. The van der Waals surface area contributed by atoms with Crippen LogP contribution in [-0.4, -0.2) is 4.92 Å². The van der Waals surface area contributed by atoms with E-state index in [1.165, 1.54) is 6.07 Å². The maximum absolute atomic E-state index is 12.9. The number of nitrogens with zero attached hydrogens (tertiary/aromatic N) is 1. The standard InChI is InChI=1S/C9H6FNO2/c1-2-3-7-4-5-9(11(12)13)8(10)6-7/h4-6H,1H3. The van der Waals surface area contributed by atoms with Crippen LogP contribution in [0.1, 0.15) is 12.5 Å². The highest BCUT2D eigenvalue weighted by atomic mass is 19.1. The molecule has 0 fully saturated rings. The fourth-order valence-corrected chi connectivity index (χ4v) is 0.877. The number of nitro benzene ring substituents is 1. The van der Waals surface area contributed by atoms with E-state index in [2.05, 4.69) is 11.8 Å². The summed E-state index contributed by atoms with van der Waals surface area (Å²) in [7, 11) is 0. The summed E-state index contributed by atoms with van der Waals surface area (Å²) >= 11 is 0. The molecule has 0 atom stereocenters. The van der Waals surface area contributed by atoms with Crippen molar-refractivity contribution in [2.45, 2.75) is 6.92 Å². The molecule has 13 heavy (non-hydrogen) atoms. The van der Waals surface area contributed by atoms with E-state index in [4.69, 9.17) is 0 Å². The summed E-state index contributed by atoms with van der Waals surface area (Å²) in [5.74, 6) is 4.32. The molecule has 0 aliphatic rings. The second-order valence-corrected chi connectivity index (χ2v) is 2.30. The molecule has 1 rings (SSSR count). The molecule has 0 aromatic heterocycles. The van der Waals surface area contributed by atoms with Crippen LogP contribution in [0.2, 0.25) is 0 Å². The first kappa shape index (κ1) is 9.20. The van der Waals surface area contributed by atoms with E-state index in [-0.39, 0.29) is 0 Å². The number of nitro groups is 1. The zero-order valence-corrected chi connectivity index (χ0v) is 6.87. The van der Waals surface area contributed by atoms with Gasteiger partial charge in [0.25, 0.3) is 0 Å². The van der Waals surface area contributed by atoms with Gasteiger partial charge in [0.1, 0.15) is 0 Å². The largest absolute Gasteiger partial charge is 0.304 e. The smallest absolute Gasteiger partial charge is 0.258 e. The van der Waals surface area contributed by atoms with Gasteiger partial charge in [0, 0.05) is 11.6 Å². The Morgan fingerprint density at radius 1 is 1.54 bits per heavy atom. The SMILES string of the molecule is CC#Cc1ccc([N+](=O)[O-])c(F)c1. The summed E-state index contributed by atoms with van der Waals surface area (Å²) in [6.45, 7) is 1.61. The monoisotopic (exact) mass is 179 g/mol. The van der Waals surface area contributed by atoms with Crippen molar-refractivity contribution in [2.24, 2.45) is 0 Å². The lowest BCUT2D eigenvalue weighted by Crippen LogP contribution is -1.92. The van der Waals surface area contributed by atoms with Gasteiger partial charge in [-0.3, -0.25) is 10.1 Å². The first-order valence-corrected chi connectivity index (χ1v) is 3.52. The molecule has 1 aromatic rings. The second-order valence-electron chi connectivity index (χ2n) is 2.30. The van der Waals surface area contributed by atoms with Crippen LogP contribution in [0.25, 0.3) is 0 Å². The highest BCUT2D eigenvalue weighted by Crippen LogP contribution is 2.17. The molecule has 0 amide bonds. The first-order chi connectivity index (χ1) is 6.15. The third kappa shape index (κ3) is 2.03. The molecule has 1 aromatic carbocycles. The van der Waals surface area contributed by atoms with Gasteiger partial charge in [-0.25, -0.2) is 0 Å². The molecular formula is C9H6FNO2. The number of hydrogen-bond acceptors (Lipinski definition) is 2. The van der Waals surface area contributed by atoms with Gasteiger partial charge in [-0.2, -0.15) is 4.39 Å². The molecular weight excluding hydrogens is 173 g/mol. The van der Waals surface area contributed by atoms with E-state index in [9.17, 15) is 14.5 Å². The maximum atomic E-state index is 12.9. The highest BCUT2D eigenvalue weighted by molar-refractivity contribution is 5.42. The van der Waals surface area contributed by atoms with E-state index in [0.717, 1.165) is 12.1 Å². The predicted molar refractivity (Wildman–Crippen MR) is 45.6 cm³/mol. The van der Waals surface area contributed by atoms with Crippen LogP contribution in [0, 0.1) is 27.8 Å². The summed E-state index contributed by atoms with van der Waals surface area (Å²) < 4.78 is 12.9. The molecule has 0 aliphatic heterocycles. The molecule has 0 spiro atoms. The summed E-state index contributed by atoms with van der Waals surface area (Å²) in [6, 6.07) is 3.57. The van der Waals surface area contributed by atoms with E-state index < -0.39 is 16.4 Å². The summed E-state index contributed by atoms with van der Waals surface area (Å²) in [6.07, 6.45) is 0. The molecule has 0 bridgehead atoms. The maximum Gasteiger partial charge on any atom is 0.304 e. The summed E-state index contributed by atoms with van der Waals surface area (Å²) in [4.78, 5) is 9.46. The Balaban J connectivity index is 3.17. The second kappa shape index (κ2) is 3.68. The fourth-order valence-electron chi connectivity index (χ4n) is 0.877. The van der Waals surface area contributed by atoms with Crippen LogP contribution in [0.4, 0.5) is 10.1 Å². The lowest BCUT2D eigenvalue weighted by atomic mass is 10.2. The van der Waals surface area contributed by atoms with Crippen molar-refractivity contribution in [3.8, 4) is 11.8 Å². The molecule has 4 heteroatoms. The van der Waals surface area contributed by atoms with Crippen molar-refractivity contribution in [3.05, 3.63) is 39.7 Å². The minimum Gasteiger partial charge on any atom is -0.258 e. The quantitative estimate of drug-likeness (QED) is 0.376. The van der Waals surface area contributed by atoms with Crippen LogP contribution < -0.4 is 0 Å². The van der Waals surface area contributed by atoms with Crippen LogP contribution in [-0.2, 0) is 0 Å². The fraction of sp³-hybridized carbons (Fsp3) is 0.111. The number of benzene rings is 1. The normalized spacial score (nSPS) is 8.77. The molecule has 3 nitrogen and oxygen atoms in total. The molecule has 0 unspecified atom stereocenters. The molecule has 0 aliphatic carbocycles.